The molecule has 1 aromatic rings. The fourth-order valence-electron chi connectivity index (χ4n) is 1.37. The standard InChI is InChI=1S/C10H14F3N3O5S/c1-15(4-5-20-3)9(17)7-6-8(14-16(7)2)21-22(18,19)10(11,12)13/h6H,4-5H2,1-3H3. The van der Waals surface area contributed by atoms with Gasteiger partial charge in [0.2, 0.25) is 0 Å². The van der Waals surface area contributed by atoms with Crippen LogP contribution in [0, 0.1) is 0 Å². The number of aryl methyl sites for hydroxylation is 1. The van der Waals surface area contributed by atoms with Crippen LogP contribution >= 0.6 is 0 Å². The number of carbonyl (C=O) groups is 1. The van der Waals surface area contributed by atoms with Crippen LogP contribution in [0.5, 0.6) is 5.88 Å². The molecule has 8 nitrogen and oxygen atoms in total. The number of hydrogen-bond acceptors (Lipinski definition) is 6. The summed E-state index contributed by atoms with van der Waals surface area (Å²) in [7, 11) is -1.68. The van der Waals surface area contributed by atoms with Crippen molar-refractivity contribution in [3.05, 3.63) is 11.8 Å². The van der Waals surface area contributed by atoms with Gasteiger partial charge in [-0.25, -0.2) is 0 Å². The quantitative estimate of drug-likeness (QED) is 0.546. The molecule has 12 heteroatoms. The lowest BCUT2D eigenvalue weighted by atomic mass is 10.3. The third-order valence-electron chi connectivity index (χ3n) is 2.53. The molecule has 0 atom stereocenters. The first kappa shape index (κ1) is 18.2. The third-order valence-corrected chi connectivity index (χ3v) is 3.49. The second-order valence-electron chi connectivity index (χ2n) is 4.19. The maximum Gasteiger partial charge on any atom is 0.534 e. The lowest BCUT2D eigenvalue weighted by molar-refractivity contribution is -0.0501. The van der Waals surface area contributed by atoms with Crippen LogP contribution in [0.3, 0.4) is 0 Å². The van der Waals surface area contributed by atoms with Crippen molar-refractivity contribution in [2.24, 2.45) is 7.05 Å². The molecule has 1 amide bonds. The Balaban J connectivity index is 2.95. The molecule has 1 rings (SSSR count). The second kappa shape index (κ2) is 6.52. The molecule has 0 N–H and O–H groups in total. The van der Waals surface area contributed by atoms with Crippen LogP contribution < -0.4 is 4.18 Å². The molecule has 0 aliphatic heterocycles. The minimum Gasteiger partial charge on any atom is -0.383 e. The molecule has 0 fully saturated rings. The van der Waals surface area contributed by atoms with Gasteiger partial charge in [-0.3, -0.25) is 9.48 Å². The second-order valence-corrected chi connectivity index (χ2v) is 5.73. The van der Waals surface area contributed by atoms with Crippen molar-refractivity contribution in [3.63, 3.8) is 0 Å². The van der Waals surface area contributed by atoms with Gasteiger partial charge in [0, 0.05) is 33.8 Å². The Labute approximate surface area is 124 Å². The van der Waals surface area contributed by atoms with Crippen LogP contribution in [0.4, 0.5) is 13.2 Å². The molecule has 0 aromatic carbocycles. The Hall–Kier alpha value is -1.82. The van der Waals surface area contributed by atoms with E-state index in [4.69, 9.17) is 4.74 Å². The summed E-state index contributed by atoms with van der Waals surface area (Å²) in [5.41, 5.74) is -5.71. The highest BCUT2D eigenvalue weighted by Crippen LogP contribution is 2.26. The van der Waals surface area contributed by atoms with Crippen molar-refractivity contribution in [2.45, 2.75) is 5.51 Å². The first-order valence-electron chi connectivity index (χ1n) is 5.79. The summed E-state index contributed by atoms with van der Waals surface area (Å²) in [6, 6.07) is 0.814. The van der Waals surface area contributed by atoms with Crippen molar-refractivity contribution < 1.29 is 35.3 Å². The Kier molecular flexibility index (Phi) is 5.40. The lowest BCUT2D eigenvalue weighted by Crippen LogP contribution is -2.31. The normalized spacial score (nSPS) is 12.3. The molecular formula is C10H14F3N3O5S. The molecule has 126 valence electrons. The minimum atomic E-state index is -5.84. The SMILES string of the molecule is COCCN(C)C(=O)c1cc(OS(=O)(=O)C(F)(F)F)nn1C. The number of hydrogen-bond donors (Lipinski definition) is 0. The summed E-state index contributed by atoms with van der Waals surface area (Å²) in [5.74, 6) is -1.42. The monoisotopic (exact) mass is 345 g/mol. The third kappa shape index (κ3) is 4.10. The number of ether oxygens (including phenoxy) is 1. The van der Waals surface area contributed by atoms with Crippen molar-refractivity contribution in [2.75, 3.05) is 27.3 Å². The van der Waals surface area contributed by atoms with Crippen LogP contribution in [0.1, 0.15) is 10.5 Å². The molecule has 0 aliphatic rings. The first-order valence-corrected chi connectivity index (χ1v) is 7.19. The van der Waals surface area contributed by atoms with E-state index in [1.165, 1.54) is 26.1 Å². The van der Waals surface area contributed by atoms with E-state index in [0.717, 1.165) is 10.7 Å². The Morgan fingerprint density at radius 2 is 2.05 bits per heavy atom. The summed E-state index contributed by atoms with van der Waals surface area (Å²) >= 11 is 0. The first-order chi connectivity index (χ1) is 9.99. The molecule has 1 heterocycles. The Morgan fingerprint density at radius 1 is 1.45 bits per heavy atom. The van der Waals surface area contributed by atoms with E-state index in [1.807, 2.05) is 0 Å². The fourth-order valence-corrected chi connectivity index (χ4v) is 1.77. The van der Waals surface area contributed by atoms with Crippen LogP contribution in [-0.4, -0.2) is 61.8 Å². The van der Waals surface area contributed by atoms with E-state index in [1.54, 1.807) is 0 Å². The van der Waals surface area contributed by atoms with E-state index in [2.05, 4.69) is 9.28 Å². The number of carbonyl (C=O) groups excluding carboxylic acids is 1. The minimum absolute atomic E-state index is 0.133. The predicted molar refractivity (Wildman–Crippen MR) is 67.6 cm³/mol. The van der Waals surface area contributed by atoms with Gasteiger partial charge in [-0.05, 0) is 0 Å². The molecule has 0 saturated carbocycles. The topological polar surface area (TPSA) is 90.7 Å². The zero-order valence-corrected chi connectivity index (χ0v) is 12.7. The molecule has 0 unspecified atom stereocenters. The van der Waals surface area contributed by atoms with Crippen LogP contribution in [0.2, 0.25) is 0 Å². The maximum absolute atomic E-state index is 12.2. The van der Waals surface area contributed by atoms with Crippen LogP contribution in [0.25, 0.3) is 0 Å². The highest BCUT2D eigenvalue weighted by atomic mass is 32.2. The number of aromatic nitrogens is 2. The summed E-state index contributed by atoms with van der Waals surface area (Å²) in [5, 5.41) is 3.43. The smallest absolute Gasteiger partial charge is 0.383 e. The van der Waals surface area contributed by atoms with E-state index >= 15 is 0 Å². The number of methoxy groups -OCH3 is 1. The summed E-state index contributed by atoms with van der Waals surface area (Å²) in [4.78, 5) is 13.3. The van der Waals surface area contributed by atoms with Gasteiger partial charge in [0.05, 0.1) is 6.61 Å². The number of halogens is 3. The van der Waals surface area contributed by atoms with Crippen molar-refractivity contribution in [3.8, 4) is 5.88 Å². The average molecular weight is 345 g/mol. The van der Waals surface area contributed by atoms with Gasteiger partial charge in [0.1, 0.15) is 5.69 Å². The number of rotatable bonds is 6. The van der Waals surface area contributed by atoms with Gasteiger partial charge < -0.3 is 13.8 Å². The molecule has 0 radical (unpaired) electrons. The van der Waals surface area contributed by atoms with E-state index in [9.17, 15) is 26.4 Å². The zero-order valence-electron chi connectivity index (χ0n) is 11.9. The van der Waals surface area contributed by atoms with E-state index in [-0.39, 0.29) is 18.8 Å². The molecule has 0 bridgehead atoms. The molecule has 0 saturated heterocycles. The van der Waals surface area contributed by atoms with Gasteiger partial charge in [-0.2, -0.15) is 21.6 Å². The highest BCUT2D eigenvalue weighted by Gasteiger charge is 2.49. The summed E-state index contributed by atoms with van der Waals surface area (Å²) in [6.07, 6.45) is 0. The number of likely N-dealkylation sites (N-methyl/N-ethyl adjacent to an activating group) is 1. The Bertz CT molecular complexity index is 641. The van der Waals surface area contributed by atoms with Gasteiger partial charge in [-0.1, -0.05) is 0 Å². The summed E-state index contributed by atoms with van der Waals surface area (Å²) in [6.45, 7) is 0.490. The lowest BCUT2D eigenvalue weighted by Gasteiger charge is -2.15. The molecule has 0 aliphatic carbocycles. The number of nitrogens with zero attached hydrogens (tertiary/aromatic N) is 3. The van der Waals surface area contributed by atoms with E-state index in [0.29, 0.717) is 0 Å². The van der Waals surface area contributed by atoms with Crippen molar-refractivity contribution in [1.82, 2.24) is 14.7 Å². The van der Waals surface area contributed by atoms with Gasteiger partial charge in [0.25, 0.3) is 11.8 Å². The van der Waals surface area contributed by atoms with Crippen LogP contribution in [0.15, 0.2) is 6.07 Å². The van der Waals surface area contributed by atoms with E-state index < -0.39 is 27.4 Å². The van der Waals surface area contributed by atoms with Crippen molar-refractivity contribution >= 4 is 16.0 Å². The molecule has 22 heavy (non-hydrogen) atoms. The number of alkyl halides is 3. The fraction of sp³-hybridized carbons (Fsp3) is 0.600. The van der Waals surface area contributed by atoms with Gasteiger partial charge in [-0.15, -0.1) is 5.10 Å². The largest absolute Gasteiger partial charge is 0.534 e. The molecular weight excluding hydrogens is 331 g/mol. The van der Waals surface area contributed by atoms with Crippen LogP contribution in [-0.2, 0) is 21.9 Å². The summed E-state index contributed by atoms with van der Waals surface area (Å²) < 4.78 is 68.0. The van der Waals surface area contributed by atoms with Crippen molar-refractivity contribution in [1.29, 1.82) is 0 Å². The zero-order chi connectivity index (χ0) is 17.1. The maximum atomic E-state index is 12.2. The molecule has 0 spiro atoms. The predicted octanol–water partition coefficient (Wildman–Crippen LogP) is 0.367. The average Bonchev–Trinajstić information content (AvgIpc) is 2.73. The number of amides is 1. The van der Waals surface area contributed by atoms with Gasteiger partial charge >= 0.3 is 15.6 Å². The Morgan fingerprint density at radius 3 is 2.55 bits per heavy atom. The van der Waals surface area contributed by atoms with Gasteiger partial charge in [0.15, 0.2) is 0 Å². The highest BCUT2D eigenvalue weighted by molar-refractivity contribution is 7.87. The molecule has 1 aromatic heterocycles.